The number of anilines is 1. The van der Waals surface area contributed by atoms with Crippen LogP contribution in [0.5, 0.6) is 0 Å². The van der Waals surface area contributed by atoms with Crippen LogP contribution in [-0.4, -0.2) is 11.5 Å². The van der Waals surface area contributed by atoms with Gasteiger partial charge in [0.05, 0.1) is 5.52 Å². The van der Waals surface area contributed by atoms with Crippen molar-refractivity contribution in [3.05, 3.63) is 35.0 Å². The van der Waals surface area contributed by atoms with Crippen molar-refractivity contribution >= 4 is 16.6 Å². The average Bonchev–Trinajstić information content (AvgIpc) is 2.39. The summed E-state index contributed by atoms with van der Waals surface area (Å²) in [5.74, 6) is 0.312. The molecule has 0 atom stereocenters. The molecular weight excluding hydrogens is 277 g/mol. The van der Waals surface area contributed by atoms with E-state index in [1.807, 2.05) is 19.1 Å². The standard InChI is InChI=1S/C16H19F3N2/c1-5-20-14-10(4)15(16(17,18)19)21-13-7-6-11(9(2)3)8-12(13)14/h6-9H,5H2,1-4H3,(H,20,21). The van der Waals surface area contributed by atoms with Crippen molar-refractivity contribution in [1.82, 2.24) is 4.98 Å². The summed E-state index contributed by atoms with van der Waals surface area (Å²) >= 11 is 0. The van der Waals surface area contributed by atoms with E-state index >= 15 is 0 Å². The molecular formula is C16H19F3N2. The van der Waals surface area contributed by atoms with Crippen LogP contribution in [-0.2, 0) is 6.18 Å². The van der Waals surface area contributed by atoms with Gasteiger partial charge in [-0.2, -0.15) is 13.2 Å². The van der Waals surface area contributed by atoms with Crippen molar-refractivity contribution in [2.45, 2.75) is 39.8 Å². The number of benzene rings is 1. The Labute approximate surface area is 122 Å². The largest absolute Gasteiger partial charge is 0.433 e. The van der Waals surface area contributed by atoms with Crippen LogP contribution in [0, 0.1) is 6.92 Å². The minimum absolute atomic E-state index is 0.151. The summed E-state index contributed by atoms with van der Waals surface area (Å²) in [7, 11) is 0. The molecule has 0 spiro atoms. The second-order valence-electron chi connectivity index (χ2n) is 5.42. The van der Waals surface area contributed by atoms with Crippen LogP contribution >= 0.6 is 0 Å². The van der Waals surface area contributed by atoms with E-state index in [-0.39, 0.29) is 5.56 Å². The van der Waals surface area contributed by atoms with E-state index in [0.717, 1.165) is 10.9 Å². The van der Waals surface area contributed by atoms with E-state index < -0.39 is 11.9 Å². The van der Waals surface area contributed by atoms with Crippen LogP contribution in [0.15, 0.2) is 18.2 Å². The van der Waals surface area contributed by atoms with Gasteiger partial charge in [-0.25, -0.2) is 4.98 Å². The molecule has 114 valence electrons. The minimum Gasteiger partial charge on any atom is -0.385 e. The molecule has 0 saturated heterocycles. The van der Waals surface area contributed by atoms with Crippen molar-refractivity contribution in [3.63, 3.8) is 0 Å². The predicted molar refractivity (Wildman–Crippen MR) is 79.7 cm³/mol. The zero-order chi connectivity index (χ0) is 15.8. The van der Waals surface area contributed by atoms with Gasteiger partial charge in [0, 0.05) is 23.2 Å². The molecule has 21 heavy (non-hydrogen) atoms. The highest BCUT2D eigenvalue weighted by molar-refractivity contribution is 5.94. The SMILES string of the molecule is CCNc1c(C)c(C(F)(F)F)nc2ccc(C(C)C)cc12. The Hall–Kier alpha value is -1.78. The number of fused-ring (bicyclic) bond motifs is 1. The molecule has 0 saturated carbocycles. The van der Waals surface area contributed by atoms with Crippen LogP contribution in [0.3, 0.4) is 0 Å². The Morgan fingerprint density at radius 2 is 1.90 bits per heavy atom. The van der Waals surface area contributed by atoms with E-state index in [1.54, 1.807) is 6.07 Å². The molecule has 1 aromatic heterocycles. The molecule has 1 aromatic carbocycles. The summed E-state index contributed by atoms with van der Waals surface area (Å²) in [6, 6.07) is 5.43. The molecule has 0 amide bonds. The zero-order valence-corrected chi connectivity index (χ0v) is 12.6. The molecule has 1 heterocycles. The molecule has 0 fully saturated rings. The van der Waals surface area contributed by atoms with Crippen LogP contribution in [0.25, 0.3) is 10.9 Å². The average molecular weight is 296 g/mol. The number of hydrogen-bond acceptors (Lipinski definition) is 2. The Bertz CT molecular complexity index is 661. The topological polar surface area (TPSA) is 24.9 Å². The Balaban J connectivity index is 2.79. The van der Waals surface area contributed by atoms with Crippen molar-refractivity contribution in [2.24, 2.45) is 0 Å². The zero-order valence-electron chi connectivity index (χ0n) is 12.6. The van der Waals surface area contributed by atoms with Crippen LogP contribution in [0.1, 0.15) is 43.5 Å². The second-order valence-corrected chi connectivity index (χ2v) is 5.42. The first-order valence-electron chi connectivity index (χ1n) is 7.01. The quantitative estimate of drug-likeness (QED) is 0.850. The molecule has 0 aliphatic rings. The maximum atomic E-state index is 13.1. The lowest BCUT2D eigenvalue weighted by atomic mass is 9.98. The third-order valence-electron chi connectivity index (χ3n) is 3.54. The molecule has 2 nitrogen and oxygen atoms in total. The molecule has 2 rings (SSSR count). The first kappa shape index (κ1) is 15.6. The number of pyridine rings is 1. The van der Waals surface area contributed by atoms with Gasteiger partial charge >= 0.3 is 6.18 Å². The van der Waals surface area contributed by atoms with Crippen molar-refractivity contribution in [3.8, 4) is 0 Å². The maximum absolute atomic E-state index is 13.1. The van der Waals surface area contributed by atoms with Crippen LogP contribution in [0.4, 0.5) is 18.9 Å². The lowest BCUT2D eigenvalue weighted by Crippen LogP contribution is -2.13. The lowest BCUT2D eigenvalue weighted by Gasteiger charge is -2.18. The van der Waals surface area contributed by atoms with Gasteiger partial charge in [-0.3, -0.25) is 0 Å². The molecule has 5 heteroatoms. The second kappa shape index (κ2) is 5.54. The minimum atomic E-state index is -4.45. The number of rotatable bonds is 3. The summed E-state index contributed by atoms with van der Waals surface area (Å²) in [6.07, 6.45) is -4.45. The number of nitrogens with zero attached hydrogens (tertiary/aromatic N) is 1. The smallest absolute Gasteiger partial charge is 0.385 e. The van der Waals surface area contributed by atoms with E-state index in [0.29, 0.717) is 23.7 Å². The fourth-order valence-electron chi connectivity index (χ4n) is 2.42. The van der Waals surface area contributed by atoms with Gasteiger partial charge in [0.15, 0.2) is 0 Å². The van der Waals surface area contributed by atoms with E-state index in [1.165, 1.54) is 6.92 Å². The number of halogens is 3. The Morgan fingerprint density at radius 3 is 2.43 bits per heavy atom. The third kappa shape index (κ3) is 2.96. The van der Waals surface area contributed by atoms with Gasteiger partial charge in [0.25, 0.3) is 0 Å². The summed E-state index contributed by atoms with van der Waals surface area (Å²) < 4.78 is 39.3. The normalized spacial score (nSPS) is 12.2. The molecule has 0 aliphatic heterocycles. The number of nitrogens with one attached hydrogen (secondary N) is 1. The Kier molecular flexibility index (Phi) is 4.12. The van der Waals surface area contributed by atoms with Crippen LogP contribution < -0.4 is 5.32 Å². The molecule has 0 radical (unpaired) electrons. The van der Waals surface area contributed by atoms with Gasteiger partial charge in [-0.05, 0) is 37.5 Å². The summed E-state index contributed by atoms with van der Waals surface area (Å²) in [5, 5.41) is 3.80. The fraction of sp³-hybridized carbons (Fsp3) is 0.438. The van der Waals surface area contributed by atoms with E-state index in [9.17, 15) is 13.2 Å². The lowest BCUT2D eigenvalue weighted by molar-refractivity contribution is -0.141. The van der Waals surface area contributed by atoms with E-state index in [4.69, 9.17) is 0 Å². The highest BCUT2D eigenvalue weighted by Gasteiger charge is 2.36. The number of alkyl halides is 3. The van der Waals surface area contributed by atoms with Gasteiger partial charge < -0.3 is 5.32 Å². The summed E-state index contributed by atoms with van der Waals surface area (Å²) in [4.78, 5) is 3.82. The highest BCUT2D eigenvalue weighted by Crippen LogP contribution is 2.37. The van der Waals surface area contributed by atoms with Crippen molar-refractivity contribution in [2.75, 3.05) is 11.9 Å². The number of aromatic nitrogens is 1. The van der Waals surface area contributed by atoms with Crippen LogP contribution in [0.2, 0.25) is 0 Å². The molecule has 2 aromatic rings. The molecule has 0 bridgehead atoms. The molecule has 0 unspecified atom stereocenters. The first-order valence-corrected chi connectivity index (χ1v) is 7.01. The fourth-order valence-corrected chi connectivity index (χ4v) is 2.42. The summed E-state index contributed by atoms with van der Waals surface area (Å²) in [5.41, 5.74) is 1.31. The van der Waals surface area contributed by atoms with Crippen molar-refractivity contribution < 1.29 is 13.2 Å². The predicted octanol–water partition coefficient (Wildman–Crippen LogP) is 5.12. The highest BCUT2D eigenvalue weighted by atomic mass is 19.4. The van der Waals surface area contributed by atoms with E-state index in [2.05, 4.69) is 24.1 Å². The van der Waals surface area contributed by atoms with Gasteiger partial charge in [-0.15, -0.1) is 0 Å². The van der Waals surface area contributed by atoms with Gasteiger partial charge in [0.2, 0.25) is 0 Å². The Morgan fingerprint density at radius 1 is 1.24 bits per heavy atom. The number of hydrogen-bond donors (Lipinski definition) is 1. The van der Waals surface area contributed by atoms with Gasteiger partial charge in [0.1, 0.15) is 5.69 Å². The summed E-state index contributed by atoms with van der Waals surface area (Å²) in [6.45, 7) is 8.00. The maximum Gasteiger partial charge on any atom is 0.433 e. The first-order chi connectivity index (χ1) is 9.75. The molecule has 1 N–H and O–H groups in total. The van der Waals surface area contributed by atoms with Crippen molar-refractivity contribution in [1.29, 1.82) is 0 Å². The third-order valence-corrected chi connectivity index (χ3v) is 3.54. The monoisotopic (exact) mass is 296 g/mol. The van der Waals surface area contributed by atoms with Gasteiger partial charge in [-0.1, -0.05) is 19.9 Å². The molecule has 0 aliphatic carbocycles.